The first-order valence-electron chi connectivity index (χ1n) is 2.39. The lowest BCUT2D eigenvalue weighted by Gasteiger charge is -2.24. The van der Waals surface area contributed by atoms with E-state index in [0.717, 1.165) is 0 Å². The van der Waals surface area contributed by atoms with E-state index in [9.17, 15) is 4.89 Å². The van der Waals surface area contributed by atoms with Gasteiger partial charge in [0.15, 0.2) is 0 Å². The van der Waals surface area contributed by atoms with Gasteiger partial charge in [0.2, 0.25) is 0 Å². The molecule has 0 rings (SSSR count). The Morgan fingerprint density at radius 1 is 1.62 bits per heavy atom. The fraction of sp³-hybridized carbons (Fsp3) is 1.00. The third-order valence-electron chi connectivity index (χ3n) is 0.402. The van der Waals surface area contributed by atoms with Crippen molar-refractivity contribution in [2.45, 2.75) is 20.0 Å². The predicted molar refractivity (Wildman–Crippen MR) is 36.4 cm³/mol. The van der Waals surface area contributed by atoms with Gasteiger partial charge < -0.3 is 9.42 Å². The molecule has 0 aromatic carbocycles. The average molecular weight is 153 g/mol. The minimum Gasteiger partial charge on any atom is -0.801 e. The van der Waals surface area contributed by atoms with Crippen LogP contribution in [0.15, 0.2) is 0 Å². The summed E-state index contributed by atoms with van der Waals surface area (Å²) < 4.78 is 4.81. The Bertz CT molecular complexity index is 107. The van der Waals surface area contributed by atoms with Crippen LogP contribution in [0.3, 0.4) is 0 Å². The van der Waals surface area contributed by atoms with E-state index in [1.165, 1.54) is 6.66 Å². The van der Waals surface area contributed by atoms with Gasteiger partial charge in [-0.25, -0.2) is 0 Å². The van der Waals surface area contributed by atoms with Gasteiger partial charge in [0, 0.05) is 0 Å². The molecule has 50 valence electrons. The van der Waals surface area contributed by atoms with Crippen LogP contribution in [0, 0.1) is 0 Å². The Morgan fingerprint density at radius 3 is 2.00 bits per heavy atom. The number of hydrogen-bond acceptors (Lipinski definition) is 3. The summed E-state index contributed by atoms with van der Waals surface area (Å²) >= 11 is 4.49. The summed E-state index contributed by atoms with van der Waals surface area (Å²) in [7, 11) is 0. The van der Waals surface area contributed by atoms with Crippen LogP contribution in [0.5, 0.6) is 0 Å². The van der Waals surface area contributed by atoms with Crippen LogP contribution in [0.4, 0.5) is 0 Å². The van der Waals surface area contributed by atoms with Crippen molar-refractivity contribution in [1.82, 2.24) is 0 Å². The molecule has 0 fully saturated rings. The minimum absolute atomic E-state index is 0.0247. The third kappa shape index (κ3) is 6.57. The molecule has 2 nitrogen and oxygen atoms in total. The zero-order valence-electron chi connectivity index (χ0n) is 5.25. The zero-order chi connectivity index (χ0) is 6.78. The highest BCUT2D eigenvalue weighted by Crippen LogP contribution is 2.32. The first-order valence-corrected chi connectivity index (χ1v) is 5.47. The molecular formula is C4H10O2PS-. The Labute approximate surface area is 55.0 Å². The second-order valence-electron chi connectivity index (χ2n) is 1.93. The normalized spacial score (nSPS) is 18.6. The monoisotopic (exact) mass is 153 g/mol. The van der Waals surface area contributed by atoms with E-state index >= 15 is 0 Å². The summed E-state index contributed by atoms with van der Waals surface area (Å²) in [6.07, 6.45) is -0.0247. The van der Waals surface area contributed by atoms with Gasteiger partial charge in [0.25, 0.3) is 0 Å². The summed E-state index contributed by atoms with van der Waals surface area (Å²) in [4.78, 5) is 10.6. The van der Waals surface area contributed by atoms with Gasteiger partial charge >= 0.3 is 0 Å². The molecule has 0 aromatic heterocycles. The molecular weight excluding hydrogens is 143 g/mol. The van der Waals surface area contributed by atoms with E-state index in [1.807, 2.05) is 13.8 Å². The molecule has 0 N–H and O–H groups in total. The van der Waals surface area contributed by atoms with Gasteiger partial charge in [-0.1, -0.05) is 11.8 Å². The lowest BCUT2D eigenvalue weighted by molar-refractivity contribution is -0.183. The van der Waals surface area contributed by atoms with Gasteiger partial charge in [-0.15, -0.1) is 0 Å². The molecule has 8 heavy (non-hydrogen) atoms. The first-order chi connectivity index (χ1) is 3.42. The molecule has 0 aromatic rings. The molecule has 0 heterocycles. The molecule has 0 aliphatic heterocycles. The van der Waals surface area contributed by atoms with Crippen molar-refractivity contribution < 1.29 is 9.42 Å². The largest absolute Gasteiger partial charge is 0.801 e. The van der Waals surface area contributed by atoms with Crippen molar-refractivity contribution in [1.29, 1.82) is 0 Å². The second-order valence-corrected chi connectivity index (χ2v) is 5.67. The van der Waals surface area contributed by atoms with Crippen molar-refractivity contribution in [3.63, 3.8) is 0 Å². The highest BCUT2D eigenvalue weighted by molar-refractivity contribution is 8.08. The van der Waals surface area contributed by atoms with Gasteiger partial charge in [0.1, 0.15) is 0 Å². The maximum absolute atomic E-state index is 10.6. The molecule has 0 spiro atoms. The van der Waals surface area contributed by atoms with E-state index in [0.29, 0.717) is 0 Å². The van der Waals surface area contributed by atoms with Crippen molar-refractivity contribution in [2.75, 3.05) is 6.66 Å². The van der Waals surface area contributed by atoms with Crippen molar-refractivity contribution in [2.24, 2.45) is 0 Å². The molecule has 0 aliphatic rings. The summed E-state index contributed by atoms with van der Waals surface area (Å²) in [6.45, 7) is 2.41. The fourth-order valence-corrected chi connectivity index (χ4v) is 1.67. The molecule has 1 atom stereocenters. The van der Waals surface area contributed by atoms with Gasteiger partial charge in [0.05, 0.1) is 6.10 Å². The zero-order valence-corrected chi connectivity index (χ0v) is 6.96. The molecule has 0 saturated carbocycles. The Kier molecular flexibility index (Phi) is 3.13. The number of hydrogen-bond donors (Lipinski definition) is 0. The van der Waals surface area contributed by atoms with Gasteiger partial charge in [-0.2, -0.15) is 0 Å². The molecule has 0 radical (unpaired) electrons. The highest BCUT2D eigenvalue weighted by Gasteiger charge is 1.95. The van der Waals surface area contributed by atoms with Crippen LogP contribution in [0.1, 0.15) is 13.8 Å². The SMILES string of the molecule is CC(C)OP(C)([O-])=S. The molecule has 0 aliphatic carbocycles. The Morgan fingerprint density at radius 2 is 2.00 bits per heavy atom. The summed E-state index contributed by atoms with van der Waals surface area (Å²) in [5.74, 6) is 0. The summed E-state index contributed by atoms with van der Waals surface area (Å²) in [5.41, 5.74) is 0. The van der Waals surface area contributed by atoms with Crippen LogP contribution < -0.4 is 4.89 Å². The smallest absolute Gasteiger partial charge is 0.0555 e. The van der Waals surface area contributed by atoms with Crippen LogP contribution >= 0.6 is 6.49 Å². The number of rotatable bonds is 2. The van der Waals surface area contributed by atoms with Crippen LogP contribution in [-0.4, -0.2) is 12.8 Å². The Hall–Kier alpha value is 0.570. The Balaban J connectivity index is 3.56. The summed E-state index contributed by atoms with van der Waals surface area (Å²) in [5, 5.41) is 0. The lowest BCUT2D eigenvalue weighted by atomic mass is 10.5. The first kappa shape index (κ1) is 8.57. The van der Waals surface area contributed by atoms with E-state index in [1.54, 1.807) is 0 Å². The second kappa shape index (κ2) is 2.92. The van der Waals surface area contributed by atoms with Gasteiger partial charge in [-0.3, -0.25) is 0 Å². The molecule has 1 unspecified atom stereocenters. The standard InChI is InChI=1S/C4H11O2PS/c1-4(2)6-7(3,5)8/h4H,1-3H3,(H,5,8)/p-1. The fourth-order valence-electron chi connectivity index (χ4n) is 0.383. The molecule has 0 saturated heterocycles. The molecule has 4 heteroatoms. The third-order valence-corrected chi connectivity index (χ3v) is 1.47. The maximum atomic E-state index is 10.6. The topological polar surface area (TPSA) is 32.3 Å². The van der Waals surface area contributed by atoms with E-state index in [-0.39, 0.29) is 6.10 Å². The van der Waals surface area contributed by atoms with Crippen LogP contribution in [-0.2, 0) is 16.3 Å². The molecule has 0 amide bonds. The summed E-state index contributed by atoms with van der Waals surface area (Å²) in [6, 6.07) is 0. The van der Waals surface area contributed by atoms with E-state index in [4.69, 9.17) is 4.52 Å². The minimum atomic E-state index is -2.64. The van der Waals surface area contributed by atoms with Crippen molar-refractivity contribution >= 4 is 18.3 Å². The maximum Gasteiger partial charge on any atom is 0.0555 e. The van der Waals surface area contributed by atoms with E-state index < -0.39 is 6.49 Å². The van der Waals surface area contributed by atoms with Crippen LogP contribution in [0.2, 0.25) is 0 Å². The quantitative estimate of drug-likeness (QED) is 0.548. The van der Waals surface area contributed by atoms with Crippen molar-refractivity contribution in [3.8, 4) is 0 Å². The van der Waals surface area contributed by atoms with Crippen LogP contribution in [0.25, 0.3) is 0 Å². The lowest BCUT2D eigenvalue weighted by Crippen LogP contribution is -2.07. The molecule has 0 bridgehead atoms. The average Bonchev–Trinajstić information content (AvgIpc) is 1.21. The van der Waals surface area contributed by atoms with Crippen molar-refractivity contribution in [3.05, 3.63) is 0 Å². The predicted octanol–water partition coefficient (Wildman–Crippen LogP) is 0.711. The van der Waals surface area contributed by atoms with Gasteiger partial charge in [-0.05, 0) is 27.0 Å². The van der Waals surface area contributed by atoms with E-state index in [2.05, 4.69) is 11.8 Å². The highest BCUT2D eigenvalue weighted by atomic mass is 32.5.